The summed E-state index contributed by atoms with van der Waals surface area (Å²) >= 11 is 0. The molecule has 2 unspecified atom stereocenters. The molecule has 3 N–H and O–H groups in total. The molecule has 0 heterocycles. The summed E-state index contributed by atoms with van der Waals surface area (Å²) in [6.45, 7) is 4.99. The molecule has 0 bridgehead atoms. The summed E-state index contributed by atoms with van der Waals surface area (Å²) in [7, 11) is 0. The van der Waals surface area contributed by atoms with Crippen LogP contribution in [0.4, 0.5) is 0 Å². The average molecular weight is 1100 g/mol. The Morgan fingerprint density at radius 1 is 0.346 bits per heavy atom. The number of aliphatic hydroxyl groups excluding tert-OH is 2. The molecule has 0 saturated carbocycles. The maximum absolute atomic E-state index is 12.5. The van der Waals surface area contributed by atoms with E-state index in [1.807, 2.05) is 0 Å². The van der Waals surface area contributed by atoms with Crippen LogP contribution in [-0.2, 0) is 14.3 Å². The summed E-state index contributed by atoms with van der Waals surface area (Å²) in [5, 5.41) is 23.3. The monoisotopic (exact) mass is 1100 g/mol. The predicted octanol–water partition coefficient (Wildman–Crippen LogP) is 23.1. The number of amides is 1. The molecule has 2 atom stereocenters. The lowest BCUT2D eigenvalue weighted by Gasteiger charge is -2.22. The molecule has 0 aliphatic carbocycles. The Morgan fingerprint density at radius 3 is 0.910 bits per heavy atom. The Labute approximate surface area is 489 Å². The number of carbonyl (C=O) groups is 2. The van der Waals surface area contributed by atoms with Crippen LogP contribution in [0.25, 0.3) is 0 Å². The van der Waals surface area contributed by atoms with Crippen molar-refractivity contribution in [2.24, 2.45) is 0 Å². The van der Waals surface area contributed by atoms with Crippen LogP contribution in [0.2, 0.25) is 0 Å². The molecule has 0 aromatic heterocycles. The van der Waals surface area contributed by atoms with Crippen molar-refractivity contribution < 1.29 is 24.5 Å². The molecule has 0 aromatic rings. The molecule has 464 valence electrons. The molecule has 0 aliphatic rings. The number of rotatable bonds is 68. The van der Waals surface area contributed by atoms with Crippen LogP contribution in [0.3, 0.4) is 0 Å². The van der Waals surface area contributed by atoms with Gasteiger partial charge in [0.05, 0.1) is 25.4 Å². The number of carbonyl (C=O) groups excluding carboxylic acids is 2. The van der Waals surface area contributed by atoms with Gasteiger partial charge in [0.25, 0.3) is 0 Å². The van der Waals surface area contributed by atoms with E-state index in [4.69, 9.17) is 4.74 Å². The second kappa shape index (κ2) is 68.1. The van der Waals surface area contributed by atoms with Gasteiger partial charge in [-0.15, -0.1) is 0 Å². The van der Waals surface area contributed by atoms with E-state index in [0.717, 1.165) is 44.9 Å². The van der Waals surface area contributed by atoms with Crippen molar-refractivity contribution in [3.8, 4) is 0 Å². The van der Waals surface area contributed by atoms with Crippen LogP contribution in [-0.4, -0.2) is 47.4 Å². The molecular formula is C72H141NO5. The topological polar surface area (TPSA) is 95.9 Å². The molecule has 0 rings (SSSR count). The standard InChI is InChI=1S/C72H141NO5/c1-3-5-7-9-11-13-15-17-19-38-42-46-50-54-58-62-66-72(77)78-67-63-59-55-51-47-43-39-35-33-31-29-27-25-23-21-20-22-24-26-28-30-32-34-37-41-45-49-53-57-61-65-71(76)73-69(68-74)70(75)64-60-56-52-48-44-40-36-18-16-14-12-10-8-6-4-2/h19,38,69-70,74-75H,3-18,20-37,39-68H2,1-2H3,(H,73,76)/b38-19-. The number of nitrogens with one attached hydrogen (secondary N) is 1. The molecule has 78 heavy (non-hydrogen) atoms. The maximum atomic E-state index is 12.5. The highest BCUT2D eigenvalue weighted by Crippen LogP contribution is 2.19. The second-order valence-electron chi connectivity index (χ2n) is 24.9. The van der Waals surface area contributed by atoms with E-state index in [1.54, 1.807) is 0 Å². The maximum Gasteiger partial charge on any atom is 0.305 e. The van der Waals surface area contributed by atoms with Crippen molar-refractivity contribution >= 4 is 11.9 Å². The zero-order valence-electron chi connectivity index (χ0n) is 53.2. The van der Waals surface area contributed by atoms with E-state index in [9.17, 15) is 19.8 Å². The van der Waals surface area contributed by atoms with Crippen molar-refractivity contribution in [1.29, 1.82) is 0 Å². The minimum absolute atomic E-state index is 0.0137. The molecule has 6 nitrogen and oxygen atoms in total. The van der Waals surface area contributed by atoms with Gasteiger partial charge in [0.1, 0.15) is 0 Å². The number of ether oxygens (including phenoxy) is 1. The van der Waals surface area contributed by atoms with Crippen molar-refractivity contribution in [3.63, 3.8) is 0 Å². The molecule has 0 fully saturated rings. The van der Waals surface area contributed by atoms with Crippen LogP contribution in [0.1, 0.15) is 412 Å². The quantitative estimate of drug-likeness (QED) is 0.0320. The van der Waals surface area contributed by atoms with Gasteiger partial charge in [-0.2, -0.15) is 0 Å². The molecular weight excluding hydrogens is 959 g/mol. The van der Waals surface area contributed by atoms with Crippen LogP contribution in [0, 0.1) is 0 Å². The first-order chi connectivity index (χ1) is 38.5. The van der Waals surface area contributed by atoms with Crippen molar-refractivity contribution in [1.82, 2.24) is 5.32 Å². The van der Waals surface area contributed by atoms with Gasteiger partial charge in [-0.3, -0.25) is 9.59 Å². The Hall–Kier alpha value is -1.40. The van der Waals surface area contributed by atoms with E-state index in [-0.39, 0.29) is 18.5 Å². The molecule has 0 aromatic carbocycles. The van der Waals surface area contributed by atoms with Crippen molar-refractivity contribution in [2.75, 3.05) is 13.2 Å². The van der Waals surface area contributed by atoms with E-state index in [0.29, 0.717) is 25.9 Å². The number of esters is 1. The molecule has 0 saturated heterocycles. The molecule has 0 aliphatic heterocycles. The average Bonchev–Trinajstić information content (AvgIpc) is 3.44. The number of hydrogen-bond donors (Lipinski definition) is 3. The van der Waals surface area contributed by atoms with Gasteiger partial charge in [-0.25, -0.2) is 0 Å². The third-order valence-electron chi connectivity index (χ3n) is 17.1. The number of hydrogen-bond acceptors (Lipinski definition) is 5. The zero-order valence-corrected chi connectivity index (χ0v) is 53.2. The predicted molar refractivity (Wildman–Crippen MR) is 343 cm³/mol. The SMILES string of the molecule is CCCCCCCCC/C=C\CCCCCCCC(=O)OCCCCCCCCCCCCCCCCCCCCCCCCCCCCCCCCC(=O)NC(CO)C(O)CCCCCCCCCCCCCCCCC. The highest BCUT2D eigenvalue weighted by Gasteiger charge is 2.20. The fourth-order valence-electron chi connectivity index (χ4n) is 11.6. The van der Waals surface area contributed by atoms with Crippen LogP contribution < -0.4 is 5.32 Å². The zero-order chi connectivity index (χ0) is 56.4. The Bertz CT molecular complexity index is 1180. The molecule has 6 heteroatoms. The molecule has 0 spiro atoms. The van der Waals surface area contributed by atoms with Crippen LogP contribution in [0.15, 0.2) is 12.2 Å². The van der Waals surface area contributed by atoms with Gasteiger partial charge in [-0.05, 0) is 51.4 Å². The smallest absolute Gasteiger partial charge is 0.305 e. The van der Waals surface area contributed by atoms with E-state index in [2.05, 4.69) is 31.3 Å². The van der Waals surface area contributed by atoms with Gasteiger partial charge < -0.3 is 20.3 Å². The third-order valence-corrected chi connectivity index (χ3v) is 17.1. The highest BCUT2D eigenvalue weighted by molar-refractivity contribution is 5.76. The summed E-state index contributed by atoms with van der Waals surface area (Å²) in [5.41, 5.74) is 0. The van der Waals surface area contributed by atoms with Crippen LogP contribution >= 0.6 is 0 Å². The number of aliphatic hydroxyl groups is 2. The lowest BCUT2D eigenvalue weighted by atomic mass is 10.0. The summed E-state index contributed by atoms with van der Waals surface area (Å²) < 4.78 is 5.50. The third kappa shape index (κ3) is 63.8. The highest BCUT2D eigenvalue weighted by atomic mass is 16.5. The van der Waals surface area contributed by atoms with Gasteiger partial charge in [0.2, 0.25) is 5.91 Å². The summed E-state index contributed by atoms with van der Waals surface area (Å²) in [5.74, 6) is -0.0140. The minimum atomic E-state index is -0.661. The Balaban J connectivity index is 3.31. The van der Waals surface area contributed by atoms with Crippen molar-refractivity contribution in [3.05, 3.63) is 12.2 Å². The summed E-state index contributed by atoms with van der Waals surface area (Å²) in [4.78, 5) is 24.6. The fraction of sp³-hybridized carbons (Fsp3) is 0.944. The number of allylic oxidation sites excluding steroid dienone is 2. The first-order valence-corrected chi connectivity index (χ1v) is 35.9. The lowest BCUT2D eigenvalue weighted by molar-refractivity contribution is -0.143. The van der Waals surface area contributed by atoms with Gasteiger partial charge in [0, 0.05) is 12.8 Å². The normalized spacial score (nSPS) is 12.5. The van der Waals surface area contributed by atoms with Gasteiger partial charge >= 0.3 is 5.97 Å². The van der Waals surface area contributed by atoms with E-state index >= 15 is 0 Å². The van der Waals surface area contributed by atoms with E-state index < -0.39 is 12.1 Å². The van der Waals surface area contributed by atoms with E-state index in [1.165, 1.54) is 334 Å². The first kappa shape index (κ1) is 76.6. The second-order valence-corrected chi connectivity index (χ2v) is 24.9. The van der Waals surface area contributed by atoms with Crippen LogP contribution in [0.5, 0.6) is 0 Å². The lowest BCUT2D eigenvalue weighted by Crippen LogP contribution is -2.45. The van der Waals surface area contributed by atoms with Crippen molar-refractivity contribution in [2.45, 2.75) is 424 Å². The number of unbranched alkanes of at least 4 members (excludes halogenated alkanes) is 55. The fourth-order valence-corrected chi connectivity index (χ4v) is 11.6. The molecule has 1 amide bonds. The first-order valence-electron chi connectivity index (χ1n) is 35.9. The van der Waals surface area contributed by atoms with Gasteiger partial charge in [-0.1, -0.05) is 360 Å². The Morgan fingerprint density at radius 2 is 0.603 bits per heavy atom. The Kier molecular flexibility index (Phi) is 66.9. The summed E-state index contributed by atoms with van der Waals surface area (Å²) in [6, 6.07) is -0.537. The largest absolute Gasteiger partial charge is 0.466 e. The van der Waals surface area contributed by atoms with Gasteiger partial charge in [0.15, 0.2) is 0 Å². The molecule has 0 radical (unpaired) electrons. The minimum Gasteiger partial charge on any atom is -0.466 e. The summed E-state index contributed by atoms with van der Waals surface area (Å²) in [6.07, 6.45) is 84.1.